The monoisotopic (exact) mass is 416 g/mol. The predicted molar refractivity (Wildman–Crippen MR) is 114 cm³/mol. The lowest BCUT2D eigenvalue weighted by Gasteiger charge is -2.21. The third-order valence-electron chi connectivity index (χ3n) is 5.23. The van der Waals surface area contributed by atoms with Crippen molar-refractivity contribution < 1.29 is 24.2 Å². The lowest BCUT2D eigenvalue weighted by molar-refractivity contribution is -0.255. The minimum atomic E-state index is -1.23. The quantitative estimate of drug-likeness (QED) is 0.574. The SMILES string of the molecule is O=C(CCc1ccccc1)C[C@@H](Nc1ccc(C(=O)[O-])cc1)c1ccc2c(c1)OCO2. The zero-order chi connectivity index (χ0) is 21.6. The van der Waals surface area contributed by atoms with Crippen LogP contribution in [-0.2, 0) is 11.2 Å². The molecule has 6 heteroatoms. The third-order valence-corrected chi connectivity index (χ3v) is 5.23. The Balaban J connectivity index is 1.50. The molecule has 0 bridgehead atoms. The summed E-state index contributed by atoms with van der Waals surface area (Å²) in [4.78, 5) is 23.8. The van der Waals surface area contributed by atoms with E-state index in [1.807, 2.05) is 48.5 Å². The summed E-state index contributed by atoms with van der Waals surface area (Å²) >= 11 is 0. The first-order valence-corrected chi connectivity index (χ1v) is 10.1. The molecule has 1 N–H and O–H groups in total. The standard InChI is InChI=1S/C25H23NO5/c27-21(12-6-17-4-2-1-3-5-17)15-22(19-9-13-23-24(14-19)31-16-30-23)26-20-10-7-18(8-11-20)25(28)29/h1-5,7-11,13-14,22,26H,6,12,15-16H2,(H,28,29)/p-1/t22-/m1/s1. The molecule has 1 aliphatic heterocycles. The van der Waals surface area contributed by atoms with Crippen molar-refractivity contribution in [3.63, 3.8) is 0 Å². The van der Waals surface area contributed by atoms with Crippen LogP contribution in [0.15, 0.2) is 72.8 Å². The van der Waals surface area contributed by atoms with Crippen molar-refractivity contribution in [3.05, 3.63) is 89.5 Å². The lowest BCUT2D eigenvalue weighted by atomic mass is 9.97. The van der Waals surface area contributed by atoms with Gasteiger partial charge >= 0.3 is 0 Å². The molecule has 0 saturated carbocycles. The number of carbonyl (C=O) groups is 2. The van der Waals surface area contributed by atoms with Crippen LogP contribution in [0.3, 0.4) is 0 Å². The maximum absolute atomic E-state index is 12.8. The van der Waals surface area contributed by atoms with E-state index in [-0.39, 0.29) is 30.6 Å². The van der Waals surface area contributed by atoms with E-state index in [0.717, 1.165) is 11.1 Å². The summed E-state index contributed by atoms with van der Waals surface area (Å²) in [5, 5.41) is 14.3. The highest BCUT2D eigenvalue weighted by Crippen LogP contribution is 2.36. The summed E-state index contributed by atoms with van der Waals surface area (Å²) in [6.07, 6.45) is 1.42. The molecule has 1 atom stereocenters. The van der Waals surface area contributed by atoms with Gasteiger partial charge in [-0.2, -0.15) is 0 Å². The third kappa shape index (κ3) is 5.22. The Kier molecular flexibility index (Phi) is 6.17. The van der Waals surface area contributed by atoms with Crippen LogP contribution in [0.1, 0.15) is 40.4 Å². The molecule has 1 aliphatic rings. The number of carboxylic acids is 1. The number of carbonyl (C=O) groups excluding carboxylic acids is 2. The van der Waals surface area contributed by atoms with Crippen LogP contribution >= 0.6 is 0 Å². The number of fused-ring (bicyclic) bond motifs is 1. The fourth-order valence-corrected chi connectivity index (χ4v) is 3.54. The van der Waals surface area contributed by atoms with Gasteiger partial charge in [-0.15, -0.1) is 0 Å². The number of rotatable bonds is 9. The Hall–Kier alpha value is -3.80. The van der Waals surface area contributed by atoms with E-state index in [0.29, 0.717) is 30.0 Å². The first-order valence-electron chi connectivity index (χ1n) is 10.1. The number of nitrogens with one attached hydrogen (secondary N) is 1. The second-order valence-corrected chi connectivity index (χ2v) is 7.40. The normalized spacial score (nSPS) is 12.9. The van der Waals surface area contributed by atoms with Crippen LogP contribution in [-0.4, -0.2) is 18.5 Å². The molecule has 3 aromatic carbocycles. The van der Waals surface area contributed by atoms with E-state index in [1.54, 1.807) is 12.1 Å². The second kappa shape index (κ2) is 9.34. The summed E-state index contributed by atoms with van der Waals surface area (Å²) in [6, 6.07) is 21.5. The average Bonchev–Trinajstić information content (AvgIpc) is 3.26. The summed E-state index contributed by atoms with van der Waals surface area (Å²) in [5.74, 6) is 0.227. The van der Waals surface area contributed by atoms with Crippen molar-refractivity contribution in [3.8, 4) is 11.5 Å². The summed E-state index contributed by atoms with van der Waals surface area (Å²) in [5.41, 5.74) is 2.83. The lowest BCUT2D eigenvalue weighted by Crippen LogP contribution is -2.22. The zero-order valence-electron chi connectivity index (χ0n) is 16.9. The van der Waals surface area contributed by atoms with Crippen molar-refractivity contribution >= 4 is 17.4 Å². The van der Waals surface area contributed by atoms with Gasteiger partial charge < -0.3 is 24.7 Å². The van der Waals surface area contributed by atoms with Gasteiger partial charge in [-0.25, -0.2) is 0 Å². The highest BCUT2D eigenvalue weighted by molar-refractivity contribution is 5.86. The van der Waals surface area contributed by atoms with Gasteiger partial charge in [0.05, 0.1) is 12.0 Å². The number of hydrogen-bond acceptors (Lipinski definition) is 6. The fourth-order valence-electron chi connectivity index (χ4n) is 3.54. The summed E-state index contributed by atoms with van der Waals surface area (Å²) < 4.78 is 10.9. The minimum absolute atomic E-state index is 0.101. The van der Waals surface area contributed by atoms with Crippen molar-refractivity contribution in [1.82, 2.24) is 0 Å². The Morgan fingerprint density at radius 1 is 0.935 bits per heavy atom. The molecule has 0 radical (unpaired) electrons. The molecule has 0 aromatic heterocycles. The van der Waals surface area contributed by atoms with Gasteiger partial charge in [0.15, 0.2) is 11.5 Å². The van der Waals surface area contributed by atoms with Crippen LogP contribution in [0.5, 0.6) is 11.5 Å². The predicted octanol–water partition coefficient (Wildman–Crippen LogP) is 3.52. The van der Waals surface area contributed by atoms with E-state index in [4.69, 9.17) is 9.47 Å². The fraction of sp³-hybridized carbons (Fsp3) is 0.200. The first kappa shape index (κ1) is 20.5. The molecule has 1 heterocycles. The van der Waals surface area contributed by atoms with E-state index in [1.165, 1.54) is 12.1 Å². The molecule has 0 unspecified atom stereocenters. The number of benzene rings is 3. The summed E-state index contributed by atoms with van der Waals surface area (Å²) in [7, 11) is 0. The van der Waals surface area contributed by atoms with Crippen molar-refractivity contribution in [1.29, 1.82) is 0 Å². The Morgan fingerprint density at radius 3 is 2.42 bits per heavy atom. The van der Waals surface area contributed by atoms with Gasteiger partial charge in [-0.3, -0.25) is 4.79 Å². The molecular formula is C25H22NO5-. The highest BCUT2D eigenvalue weighted by atomic mass is 16.7. The molecule has 0 saturated heterocycles. The van der Waals surface area contributed by atoms with Gasteiger partial charge in [0, 0.05) is 18.5 Å². The topological polar surface area (TPSA) is 87.7 Å². The van der Waals surface area contributed by atoms with E-state index in [9.17, 15) is 14.7 Å². The number of aromatic carboxylic acids is 1. The zero-order valence-corrected chi connectivity index (χ0v) is 16.9. The molecule has 31 heavy (non-hydrogen) atoms. The number of hydrogen-bond donors (Lipinski definition) is 1. The Morgan fingerprint density at radius 2 is 1.68 bits per heavy atom. The molecule has 3 aromatic rings. The molecule has 0 aliphatic carbocycles. The summed E-state index contributed by atoms with van der Waals surface area (Å²) in [6.45, 7) is 0.178. The molecule has 158 valence electrons. The van der Waals surface area contributed by atoms with Crippen LogP contribution in [0.25, 0.3) is 0 Å². The number of ether oxygens (including phenoxy) is 2. The maximum atomic E-state index is 12.8. The largest absolute Gasteiger partial charge is 0.545 e. The second-order valence-electron chi connectivity index (χ2n) is 7.40. The van der Waals surface area contributed by atoms with Gasteiger partial charge in [-0.1, -0.05) is 48.5 Å². The minimum Gasteiger partial charge on any atom is -0.545 e. The number of carboxylic acid groups (broad SMARTS) is 1. The van der Waals surface area contributed by atoms with Crippen LogP contribution in [0.4, 0.5) is 5.69 Å². The molecule has 6 nitrogen and oxygen atoms in total. The van der Waals surface area contributed by atoms with Crippen LogP contribution in [0.2, 0.25) is 0 Å². The van der Waals surface area contributed by atoms with E-state index in [2.05, 4.69) is 5.32 Å². The van der Waals surface area contributed by atoms with Crippen molar-refractivity contribution in [2.75, 3.05) is 12.1 Å². The highest BCUT2D eigenvalue weighted by Gasteiger charge is 2.20. The average molecular weight is 416 g/mol. The number of aryl methyl sites for hydroxylation is 1. The number of anilines is 1. The maximum Gasteiger partial charge on any atom is 0.231 e. The first-order chi connectivity index (χ1) is 15.1. The molecule has 0 fully saturated rings. The molecule has 0 amide bonds. The van der Waals surface area contributed by atoms with E-state index >= 15 is 0 Å². The van der Waals surface area contributed by atoms with E-state index < -0.39 is 5.97 Å². The molecule has 4 rings (SSSR count). The van der Waals surface area contributed by atoms with Gasteiger partial charge in [0.1, 0.15) is 5.78 Å². The molecule has 0 spiro atoms. The van der Waals surface area contributed by atoms with Crippen molar-refractivity contribution in [2.24, 2.45) is 0 Å². The van der Waals surface area contributed by atoms with Gasteiger partial charge in [0.25, 0.3) is 0 Å². The smallest absolute Gasteiger partial charge is 0.231 e. The van der Waals surface area contributed by atoms with Gasteiger partial charge in [-0.05, 0) is 47.4 Å². The van der Waals surface area contributed by atoms with Crippen LogP contribution < -0.4 is 19.9 Å². The Labute approximate surface area is 180 Å². The number of Topliss-reactive ketones (excluding diaryl/α,β-unsaturated/α-hetero) is 1. The number of ketones is 1. The molecular weight excluding hydrogens is 394 g/mol. The van der Waals surface area contributed by atoms with Crippen molar-refractivity contribution in [2.45, 2.75) is 25.3 Å². The van der Waals surface area contributed by atoms with Gasteiger partial charge in [0.2, 0.25) is 6.79 Å². The van der Waals surface area contributed by atoms with Crippen LogP contribution in [0, 0.1) is 0 Å². The Bertz CT molecular complexity index is 1060.